The van der Waals surface area contributed by atoms with Crippen molar-refractivity contribution in [2.75, 3.05) is 5.32 Å². The van der Waals surface area contributed by atoms with Crippen LogP contribution in [0.3, 0.4) is 0 Å². The molecule has 22 heavy (non-hydrogen) atoms. The molecule has 0 aromatic carbocycles. The number of nitrogens with zero attached hydrogens (tertiary/aromatic N) is 7. The summed E-state index contributed by atoms with van der Waals surface area (Å²) in [5, 5.41) is 25.3. The Labute approximate surface area is 124 Å². The van der Waals surface area contributed by atoms with Gasteiger partial charge in [0.25, 0.3) is 5.91 Å². The Morgan fingerprint density at radius 2 is 2.23 bits per heavy atom. The molecule has 2 N–H and O–H groups in total. The molecule has 10 heteroatoms. The summed E-state index contributed by atoms with van der Waals surface area (Å²) in [6, 6.07) is 1.80. The first-order valence-corrected chi connectivity index (χ1v) is 6.78. The molecule has 1 fully saturated rings. The van der Waals surface area contributed by atoms with Crippen LogP contribution in [-0.2, 0) is 17.4 Å². The first-order valence-electron chi connectivity index (χ1n) is 6.78. The maximum atomic E-state index is 12.6. The third kappa shape index (κ3) is 1.80. The van der Waals surface area contributed by atoms with Crippen molar-refractivity contribution in [2.45, 2.75) is 18.4 Å². The highest BCUT2D eigenvalue weighted by Gasteiger charge is 2.53. The van der Waals surface area contributed by atoms with E-state index in [-0.39, 0.29) is 5.91 Å². The van der Waals surface area contributed by atoms with Crippen LogP contribution >= 0.6 is 0 Å². The lowest BCUT2D eigenvalue weighted by Gasteiger charge is -2.14. The van der Waals surface area contributed by atoms with Gasteiger partial charge in [0.2, 0.25) is 0 Å². The van der Waals surface area contributed by atoms with Crippen LogP contribution in [0.25, 0.3) is 11.4 Å². The molecule has 1 aliphatic rings. The number of nitrogens with one attached hydrogen (secondary N) is 2. The van der Waals surface area contributed by atoms with E-state index < -0.39 is 5.54 Å². The van der Waals surface area contributed by atoms with Gasteiger partial charge in [0.05, 0.1) is 11.9 Å². The number of aryl methyl sites for hydroxylation is 1. The zero-order valence-corrected chi connectivity index (χ0v) is 11.8. The first-order chi connectivity index (χ1) is 10.7. The maximum Gasteiger partial charge on any atom is 0.253 e. The molecule has 3 aromatic heterocycles. The topological polar surface area (TPSA) is 119 Å². The second kappa shape index (κ2) is 4.48. The summed E-state index contributed by atoms with van der Waals surface area (Å²) >= 11 is 0. The highest BCUT2D eigenvalue weighted by Crippen LogP contribution is 2.43. The number of anilines is 1. The number of aromatic amines is 1. The average Bonchev–Trinajstić information content (AvgIpc) is 2.91. The Hall–Kier alpha value is -3.04. The highest BCUT2D eigenvalue weighted by molar-refractivity contribution is 5.99. The number of H-pyrrole nitrogens is 1. The summed E-state index contributed by atoms with van der Waals surface area (Å²) in [5.74, 6) is 0.204. The molecule has 112 valence electrons. The lowest BCUT2D eigenvalue weighted by atomic mass is 10.2. The number of carbonyl (C=O) groups is 1. The molecular formula is C12H13N9O. The normalized spacial score (nSPS) is 15.7. The lowest BCUT2D eigenvalue weighted by molar-refractivity contribution is -0.120. The summed E-state index contributed by atoms with van der Waals surface area (Å²) in [6.45, 7) is 0. The Kier molecular flexibility index (Phi) is 2.58. The van der Waals surface area contributed by atoms with E-state index in [1.807, 2.05) is 0 Å². The van der Waals surface area contributed by atoms with Crippen molar-refractivity contribution in [1.29, 1.82) is 0 Å². The van der Waals surface area contributed by atoms with Crippen LogP contribution in [0.2, 0.25) is 0 Å². The molecule has 1 saturated carbocycles. The van der Waals surface area contributed by atoms with E-state index in [9.17, 15) is 4.79 Å². The summed E-state index contributed by atoms with van der Waals surface area (Å²) in [7, 11) is 1.80. The summed E-state index contributed by atoms with van der Waals surface area (Å²) < 4.78 is 3.25. The minimum atomic E-state index is -0.667. The van der Waals surface area contributed by atoms with Gasteiger partial charge in [0, 0.05) is 19.4 Å². The van der Waals surface area contributed by atoms with E-state index in [1.54, 1.807) is 41.1 Å². The van der Waals surface area contributed by atoms with E-state index in [2.05, 4.69) is 36.1 Å². The van der Waals surface area contributed by atoms with E-state index in [1.165, 1.54) is 0 Å². The second-order valence-electron chi connectivity index (χ2n) is 5.19. The average molecular weight is 299 g/mol. The van der Waals surface area contributed by atoms with Gasteiger partial charge in [0.15, 0.2) is 11.5 Å². The predicted molar refractivity (Wildman–Crippen MR) is 74.4 cm³/mol. The van der Waals surface area contributed by atoms with Gasteiger partial charge in [0.1, 0.15) is 5.54 Å². The number of rotatable bonds is 4. The molecule has 1 amide bonds. The van der Waals surface area contributed by atoms with Crippen molar-refractivity contribution >= 4 is 11.7 Å². The van der Waals surface area contributed by atoms with Crippen molar-refractivity contribution in [3.8, 4) is 11.4 Å². The molecule has 3 heterocycles. The van der Waals surface area contributed by atoms with E-state index in [0.717, 1.165) is 18.5 Å². The number of hydrogen-bond acceptors (Lipinski definition) is 6. The predicted octanol–water partition coefficient (Wildman–Crippen LogP) is -0.0755. The van der Waals surface area contributed by atoms with Gasteiger partial charge in [-0.25, -0.2) is 4.68 Å². The molecule has 0 unspecified atom stereocenters. The smallest absolute Gasteiger partial charge is 0.253 e. The van der Waals surface area contributed by atoms with Crippen LogP contribution in [0.1, 0.15) is 12.8 Å². The fourth-order valence-electron chi connectivity index (χ4n) is 2.44. The lowest BCUT2D eigenvalue weighted by Crippen LogP contribution is -2.34. The second-order valence-corrected chi connectivity index (χ2v) is 5.19. The molecular weight excluding hydrogens is 286 g/mol. The quantitative estimate of drug-likeness (QED) is 0.695. The molecule has 0 spiro atoms. The first kappa shape index (κ1) is 12.7. The Morgan fingerprint density at radius 1 is 1.36 bits per heavy atom. The van der Waals surface area contributed by atoms with Crippen LogP contribution in [-0.4, -0.2) is 46.1 Å². The SMILES string of the molecule is Cn1nccc1-c1n[nH]nc1NC(=O)C1(n2ccnn2)CC1. The van der Waals surface area contributed by atoms with Gasteiger partial charge in [-0.3, -0.25) is 9.48 Å². The largest absolute Gasteiger partial charge is 0.305 e. The third-order valence-electron chi connectivity index (χ3n) is 3.85. The fourth-order valence-corrected chi connectivity index (χ4v) is 2.44. The van der Waals surface area contributed by atoms with Gasteiger partial charge in [-0.1, -0.05) is 5.21 Å². The van der Waals surface area contributed by atoms with E-state index >= 15 is 0 Å². The van der Waals surface area contributed by atoms with Gasteiger partial charge >= 0.3 is 0 Å². The molecule has 1 aliphatic carbocycles. The van der Waals surface area contributed by atoms with Crippen molar-refractivity contribution in [3.05, 3.63) is 24.7 Å². The van der Waals surface area contributed by atoms with Crippen LogP contribution in [0.5, 0.6) is 0 Å². The number of carbonyl (C=O) groups excluding carboxylic acids is 1. The van der Waals surface area contributed by atoms with Crippen molar-refractivity contribution < 1.29 is 4.79 Å². The Bertz CT molecular complexity index is 811. The maximum absolute atomic E-state index is 12.6. The van der Waals surface area contributed by atoms with Gasteiger partial charge in [-0.15, -0.1) is 10.2 Å². The molecule has 0 radical (unpaired) electrons. The molecule has 0 bridgehead atoms. The summed E-state index contributed by atoms with van der Waals surface area (Å²) in [5.41, 5.74) is 0.636. The van der Waals surface area contributed by atoms with Crippen LogP contribution in [0.4, 0.5) is 5.82 Å². The summed E-state index contributed by atoms with van der Waals surface area (Å²) in [4.78, 5) is 12.6. The minimum Gasteiger partial charge on any atom is -0.305 e. The van der Waals surface area contributed by atoms with Crippen molar-refractivity contribution in [1.82, 2.24) is 40.2 Å². The molecule has 0 atom stereocenters. The van der Waals surface area contributed by atoms with Crippen molar-refractivity contribution in [3.63, 3.8) is 0 Å². The van der Waals surface area contributed by atoms with Crippen LogP contribution < -0.4 is 5.32 Å². The molecule has 0 saturated heterocycles. The molecule has 3 aromatic rings. The number of amides is 1. The Morgan fingerprint density at radius 3 is 2.86 bits per heavy atom. The van der Waals surface area contributed by atoms with E-state index in [4.69, 9.17) is 0 Å². The highest BCUT2D eigenvalue weighted by atomic mass is 16.2. The standard InChI is InChI=1S/C12H13N9O/c1-20-8(2-5-14-20)9-10(17-18-16-9)15-11(22)12(3-4-12)21-7-6-13-19-21/h2,5-7H,3-4H2,1H3,(H2,15,16,17,18,22). The van der Waals surface area contributed by atoms with Gasteiger partial charge < -0.3 is 5.32 Å². The monoisotopic (exact) mass is 299 g/mol. The zero-order chi connectivity index (χ0) is 15.2. The molecule has 0 aliphatic heterocycles. The summed E-state index contributed by atoms with van der Waals surface area (Å²) in [6.07, 6.45) is 6.36. The van der Waals surface area contributed by atoms with E-state index in [0.29, 0.717) is 11.5 Å². The van der Waals surface area contributed by atoms with Crippen molar-refractivity contribution in [2.24, 2.45) is 7.05 Å². The molecule has 10 nitrogen and oxygen atoms in total. The molecule has 4 rings (SSSR count). The third-order valence-corrected chi connectivity index (χ3v) is 3.85. The number of hydrogen-bond donors (Lipinski definition) is 2. The number of aromatic nitrogens is 8. The Balaban J connectivity index is 1.62. The zero-order valence-electron chi connectivity index (χ0n) is 11.8. The minimum absolute atomic E-state index is 0.171. The fraction of sp³-hybridized carbons (Fsp3) is 0.333. The van der Waals surface area contributed by atoms with Crippen LogP contribution in [0.15, 0.2) is 24.7 Å². The van der Waals surface area contributed by atoms with Crippen LogP contribution in [0, 0.1) is 0 Å². The van der Waals surface area contributed by atoms with Gasteiger partial charge in [-0.05, 0) is 18.9 Å². The van der Waals surface area contributed by atoms with Gasteiger partial charge in [-0.2, -0.15) is 15.4 Å².